The molecule has 2 aromatic carbocycles. The number of ether oxygens (including phenoxy) is 2. The highest BCUT2D eigenvalue weighted by Crippen LogP contribution is 2.26. The maximum Gasteiger partial charge on any atom is 0.243 e. The molecule has 6 nitrogen and oxygen atoms in total. The zero-order valence-corrected chi connectivity index (χ0v) is 25.1. The van der Waals surface area contributed by atoms with E-state index in [1.165, 1.54) is 0 Å². The van der Waals surface area contributed by atoms with Gasteiger partial charge in [0.2, 0.25) is 11.8 Å². The number of nitrogens with zero attached hydrogens (tertiary/aromatic N) is 2. The van der Waals surface area contributed by atoms with E-state index in [1.807, 2.05) is 83.1 Å². The minimum Gasteiger partial charge on any atom is -0.380 e. The Morgan fingerprint density at radius 2 is 1.47 bits per heavy atom. The number of benzene rings is 2. The highest BCUT2D eigenvalue weighted by atomic mass is 35.5. The molecule has 0 spiro atoms. The normalized spacial score (nSPS) is 10.3. The molecule has 0 heterocycles. The quantitative estimate of drug-likeness (QED) is 0.155. The van der Waals surface area contributed by atoms with Crippen molar-refractivity contribution in [2.24, 2.45) is 0 Å². The maximum absolute atomic E-state index is 12.1. The first-order chi connectivity index (χ1) is 18.3. The van der Waals surface area contributed by atoms with Crippen LogP contribution in [0.25, 0.3) is 5.70 Å². The van der Waals surface area contributed by atoms with E-state index in [0.29, 0.717) is 26.4 Å². The predicted molar refractivity (Wildman–Crippen MR) is 159 cm³/mol. The summed E-state index contributed by atoms with van der Waals surface area (Å²) in [5, 5.41) is 0. The zero-order chi connectivity index (χ0) is 28.5. The molecule has 0 N–H and O–H groups in total. The van der Waals surface area contributed by atoms with Gasteiger partial charge in [0.25, 0.3) is 0 Å². The van der Waals surface area contributed by atoms with Gasteiger partial charge < -0.3 is 14.4 Å². The van der Waals surface area contributed by atoms with Gasteiger partial charge >= 0.3 is 0 Å². The Morgan fingerprint density at radius 1 is 0.842 bits per heavy atom. The highest BCUT2D eigenvalue weighted by Gasteiger charge is 2.20. The molecule has 38 heavy (non-hydrogen) atoms. The van der Waals surface area contributed by atoms with E-state index in [9.17, 15) is 9.59 Å². The number of rotatable bonds is 13. The van der Waals surface area contributed by atoms with E-state index in [-0.39, 0.29) is 30.3 Å². The minimum atomic E-state index is -0.130. The van der Waals surface area contributed by atoms with Gasteiger partial charge in [0.05, 0.1) is 12.3 Å². The number of alkyl halides is 2. The van der Waals surface area contributed by atoms with Crippen molar-refractivity contribution in [3.63, 3.8) is 0 Å². The first kappa shape index (κ1) is 33.6. The third-order valence-corrected chi connectivity index (χ3v) is 6.14. The Balaban J connectivity index is 0.000000382. The lowest BCUT2D eigenvalue weighted by Gasteiger charge is -2.26. The van der Waals surface area contributed by atoms with E-state index in [4.69, 9.17) is 32.7 Å². The number of carbonyl (C=O) groups is 2. The zero-order valence-electron chi connectivity index (χ0n) is 23.6. The first-order valence-electron chi connectivity index (χ1n) is 13.0. The molecule has 0 fully saturated rings. The first-order valence-corrected chi connectivity index (χ1v) is 14.0. The van der Waals surface area contributed by atoms with Crippen molar-refractivity contribution in [1.82, 2.24) is 4.90 Å². The van der Waals surface area contributed by atoms with E-state index in [1.54, 1.807) is 9.80 Å². The topological polar surface area (TPSA) is 59.1 Å². The molecular weight excluding hydrogens is 523 g/mol. The van der Waals surface area contributed by atoms with E-state index >= 15 is 0 Å². The molecule has 2 aromatic rings. The molecule has 0 bridgehead atoms. The molecule has 0 aliphatic heterocycles. The SMILES string of the molecule is CCOCCN(C(=O)CCl)C(=C(C)C)c1ccccc1.CCOCN(C(=O)CCl)c1c(C)cccc1CC. The molecule has 0 aromatic heterocycles. The fraction of sp³-hybridized carbons (Fsp3) is 0.467. The number of hydrogen-bond donors (Lipinski definition) is 0. The summed E-state index contributed by atoms with van der Waals surface area (Å²) in [5.74, 6) is -0.305. The molecule has 2 amide bonds. The second kappa shape index (κ2) is 18.8. The Kier molecular flexibility index (Phi) is 16.6. The van der Waals surface area contributed by atoms with Gasteiger partial charge in [-0.25, -0.2) is 0 Å². The van der Waals surface area contributed by atoms with Crippen molar-refractivity contribution >= 4 is 46.4 Å². The van der Waals surface area contributed by atoms with E-state index in [2.05, 4.69) is 6.92 Å². The lowest BCUT2D eigenvalue weighted by molar-refractivity contribution is -0.126. The van der Waals surface area contributed by atoms with Crippen LogP contribution in [-0.4, -0.2) is 61.6 Å². The van der Waals surface area contributed by atoms with Crippen molar-refractivity contribution in [3.8, 4) is 0 Å². The van der Waals surface area contributed by atoms with E-state index < -0.39 is 0 Å². The van der Waals surface area contributed by atoms with Crippen LogP contribution in [0, 0.1) is 6.92 Å². The molecule has 8 heteroatoms. The molecule has 0 saturated carbocycles. The summed E-state index contributed by atoms with van der Waals surface area (Å²) in [6.07, 6.45) is 0.870. The number of carbonyl (C=O) groups excluding carboxylic acids is 2. The summed E-state index contributed by atoms with van der Waals surface area (Å²) in [5.41, 5.74) is 6.13. The number of allylic oxidation sites excluding steroid dienone is 1. The second-order valence-corrected chi connectivity index (χ2v) is 9.14. The van der Waals surface area contributed by atoms with Crippen LogP contribution in [0.2, 0.25) is 0 Å². The molecule has 210 valence electrons. The average molecular weight is 566 g/mol. The van der Waals surface area contributed by atoms with Crippen LogP contribution in [0.15, 0.2) is 54.1 Å². The van der Waals surface area contributed by atoms with Crippen molar-refractivity contribution < 1.29 is 19.1 Å². The van der Waals surface area contributed by atoms with Crippen molar-refractivity contribution in [3.05, 3.63) is 70.8 Å². The Hall–Kier alpha value is -2.38. The molecule has 0 radical (unpaired) electrons. The third kappa shape index (κ3) is 10.4. The Morgan fingerprint density at radius 3 is 2.00 bits per heavy atom. The van der Waals surface area contributed by atoms with Gasteiger partial charge in [0.15, 0.2) is 0 Å². The summed E-state index contributed by atoms with van der Waals surface area (Å²) in [6, 6.07) is 15.9. The molecule has 0 aliphatic rings. The Labute approximate surface area is 238 Å². The van der Waals surface area contributed by atoms with Crippen LogP contribution in [0.5, 0.6) is 0 Å². The number of amides is 2. The molecule has 0 saturated heterocycles. The summed E-state index contributed by atoms with van der Waals surface area (Å²) in [7, 11) is 0. The van der Waals surface area contributed by atoms with Crippen LogP contribution >= 0.6 is 23.2 Å². The predicted octanol–water partition coefficient (Wildman–Crippen LogP) is 6.66. The van der Waals surface area contributed by atoms with Crippen LogP contribution in [-0.2, 0) is 25.5 Å². The average Bonchev–Trinajstić information content (AvgIpc) is 2.93. The maximum atomic E-state index is 12.1. The molecule has 0 aliphatic carbocycles. The van der Waals surface area contributed by atoms with Crippen molar-refractivity contribution in [2.45, 2.75) is 48.0 Å². The fourth-order valence-electron chi connectivity index (χ4n) is 3.95. The van der Waals surface area contributed by atoms with Crippen LogP contribution in [0.1, 0.15) is 51.3 Å². The lowest BCUT2D eigenvalue weighted by Crippen LogP contribution is -2.35. The van der Waals surface area contributed by atoms with Gasteiger partial charge in [0.1, 0.15) is 18.5 Å². The van der Waals surface area contributed by atoms with Gasteiger partial charge in [-0.3, -0.25) is 14.5 Å². The van der Waals surface area contributed by atoms with Gasteiger partial charge in [0, 0.05) is 25.5 Å². The van der Waals surface area contributed by atoms with Crippen LogP contribution in [0.4, 0.5) is 5.69 Å². The monoisotopic (exact) mass is 564 g/mol. The third-order valence-electron chi connectivity index (χ3n) is 5.68. The number of para-hydroxylation sites is 1. The van der Waals surface area contributed by atoms with Crippen molar-refractivity contribution in [2.75, 3.05) is 49.8 Å². The smallest absolute Gasteiger partial charge is 0.243 e. The van der Waals surface area contributed by atoms with Gasteiger partial charge in [-0.15, -0.1) is 23.2 Å². The van der Waals surface area contributed by atoms with Crippen molar-refractivity contribution in [1.29, 1.82) is 0 Å². The summed E-state index contributed by atoms with van der Waals surface area (Å²) in [6.45, 7) is 14.4. The number of aryl methyl sites for hydroxylation is 2. The summed E-state index contributed by atoms with van der Waals surface area (Å²) in [4.78, 5) is 27.4. The van der Waals surface area contributed by atoms with Gasteiger partial charge in [-0.2, -0.15) is 0 Å². The second-order valence-electron chi connectivity index (χ2n) is 8.60. The number of halogens is 2. The largest absolute Gasteiger partial charge is 0.380 e. The molecule has 0 unspecified atom stereocenters. The summed E-state index contributed by atoms with van der Waals surface area (Å²) >= 11 is 11.4. The summed E-state index contributed by atoms with van der Waals surface area (Å²) < 4.78 is 10.7. The standard InChI is InChI=1S/C16H22ClNO2.C14H20ClNO2/c1-4-20-11-10-18(15(19)12-17)16(13(2)3)14-8-6-5-7-9-14;1-4-12-8-6-7-11(3)14(12)16(10-18-5-2)13(17)9-15/h5-9H,4,10-12H2,1-3H3;6-8H,4-5,9-10H2,1-3H3. The van der Waals surface area contributed by atoms with E-state index in [0.717, 1.165) is 40.1 Å². The lowest BCUT2D eigenvalue weighted by atomic mass is 10.0. The Bertz CT molecular complexity index is 1020. The number of anilines is 1. The van der Waals surface area contributed by atoms with Gasteiger partial charge in [-0.1, -0.05) is 61.0 Å². The molecule has 2 rings (SSSR count). The van der Waals surface area contributed by atoms with Crippen LogP contribution in [0.3, 0.4) is 0 Å². The highest BCUT2D eigenvalue weighted by molar-refractivity contribution is 6.29. The minimum absolute atomic E-state index is 0.0320. The fourth-order valence-corrected chi connectivity index (χ4v) is 4.24. The molecule has 0 atom stereocenters. The molecular formula is C30H42Cl2N2O4. The number of hydrogen-bond acceptors (Lipinski definition) is 4. The van der Waals surface area contributed by atoms with Crippen LogP contribution < -0.4 is 4.90 Å². The van der Waals surface area contributed by atoms with Gasteiger partial charge in [-0.05, 0) is 57.7 Å².